The summed E-state index contributed by atoms with van der Waals surface area (Å²) in [6.07, 6.45) is 5.71. The largest absolute Gasteiger partial charge is 0.466 e. The van der Waals surface area contributed by atoms with Gasteiger partial charge >= 0.3 is 5.97 Å². The molecule has 0 aliphatic carbocycles. The van der Waals surface area contributed by atoms with Crippen molar-refractivity contribution in [1.29, 1.82) is 0 Å². The predicted octanol–water partition coefficient (Wildman–Crippen LogP) is 1.79. The lowest BCUT2D eigenvalue weighted by Crippen LogP contribution is -2.35. The van der Waals surface area contributed by atoms with Gasteiger partial charge in [0.25, 0.3) is 0 Å². The molecule has 1 N–H and O–H groups in total. The number of unbranched alkanes of at least 4 members (excludes halogenated alkanes) is 2. The molecule has 0 saturated heterocycles. The fourth-order valence-electron chi connectivity index (χ4n) is 1.34. The van der Waals surface area contributed by atoms with Gasteiger partial charge < -0.3 is 19.5 Å². The van der Waals surface area contributed by atoms with E-state index in [0.717, 1.165) is 37.8 Å². The molecule has 0 fully saturated rings. The number of hydrogen-bond donors (Lipinski definition) is 1. The Kier molecular flexibility index (Phi) is 12.7. The van der Waals surface area contributed by atoms with Crippen LogP contribution < -0.4 is 5.32 Å². The number of rotatable bonds is 12. The number of ether oxygens (including phenoxy) is 3. The van der Waals surface area contributed by atoms with Crippen molar-refractivity contribution in [3.8, 4) is 0 Å². The maximum atomic E-state index is 11.5. The van der Waals surface area contributed by atoms with Crippen LogP contribution in [0.25, 0.3) is 0 Å². The molecule has 0 radical (unpaired) electrons. The molecule has 0 aliphatic rings. The fraction of sp³-hybridized carbons (Fsp3) is 0.733. The van der Waals surface area contributed by atoms with Crippen LogP contribution in [0.3, 0.4) is 0 Å². The average molecular weight is 301 g/mol. The van der Waals surface area contributed by atoms with Gasteiger partial charge in [-0.15, -0.1) is 0 Å². The zero-order valence-electron chi connectivity index (χ0n) is 13.2. The minimum atomic E-state index is -0.569. The van der Waals surface area contributed by atoms with Gasteiger partial charge in [0.15, 0.2) is 6.29 Å². The molecular weight excluding hydrogens is 274 g/mol. The molecule has 6 heteroatoms. The topological polar surface area (TPSA) is 73.9 Å². The van der Waals surface area contributed by atoms with Crippen molar-refractivity contribution in [2.75, 3.05) is 26.9 Å². The number of methoxy groups -OCH3 is 1. The molecule has 6 nitrogen and oxygen atoms in total. The maximum absolute atomic E-state index is 11.5. The van der Waals surface area contributed by atoms with Gasteiger partial charge in [0, 0.05) is 25.4 Å². The van der Waals surface area contributed by atoms with E-state index in [1.165, 1.54) is 7.11 Å². The van der Waals surface area contributed by atoms with Crippen molar-refractivity contribution in [3.63, 3.8) is 0 Å². The Morgan fingerprint density at radius 1 is 1.05 bits per heavy atom. The summed E-state index contributed by atoms with van der Waals surface area (Å²) in [5, 5.41) is 2.63. The van der Waals surface area contributed by atoms with Crippen LogP contribution >= 0.6 is 0 Å². The summed E-state index contributed by atoms with van der Waals surface area (Å²) >= 11 is 0. The lowest BCUT2D eigenvalue weighted by atomic mass is 10.3. The molecule has 0 aromatic carbocycles. The number of nitrogens with one attached hydrogen (secondary N) is 1. The lowest BCUT2D eigenvalue weighted by molar-refractivity contribution is -0.144. The van der Waals surface area contributed by atoms with E-state index in [4.69, 9.17) is 9.47 Å². The molecule has 0 aromatic rings. The highest BCUT2D eigenvalue weighted by Crippen LogP contribution is 2.00. The van der Waals surface area contributed by atoms with Gasteiger partial charge in [-0.2, -0.15) is 0 Å². The number of carbonyl (C=O) groups is 2. The number of hydrogen-bond acceptors (Lipinski definition) is 5. The van der Waals surface area contributed by atoms with E-state index in [-0.39, 0.29) is 12.5 Å². The van der Waals surface area contributed by atoms with Crippen LogP contribution in [-0.4, -0.2) is 45.0 Å². The van der Waals surface area contributed by atoms with Crippen LogP contribution in [0.1, 0.15) is 39.5 Å². The van der Waals surface area contributed by atoms with Crippen LogP contribution in [0.2, 0.25) is 0 Å². The highest BCUT2D eigenvalue weighted by atomic mass is 16.7. The summed E-state index contributed by atoms with van der Waals surface area (Å²) in [5.41, 5.74) is 0. The number of carbonyl (C=O) groups excluding carboxylic acids is 2. The first kappa shape index (κ1) is 19.6. The van der Waals surface area contributed by atoms with Crippen molar-refractivity contribution in [3.05, 3.63) is 12.2 Å². The smallest absolute Gasteiger partial charge is 0.330 e. The summed E-state index contributed by atoms with van der Waals surface area (Å²) in [4.78, 5) is 22.4. The molecule has 0 rings (SSSR count). The van der Waals surface area contributed by atoms with E-state index in [1.54, 1.807) is 0 Å². The molecule has 0 aliphatic heterocycles. The van der Waals surface area contributed by atoms with Crippen molar-refractivity contribution < 1.29 is 23.8 Å². The Labute approximate surface area is 126 Å². The minimum Gasteiger partial charge on any atom is -0.466 e. The molecule has 0 aromatic heterocycles. The minimum absolute atomic E-state index is 0.248. The zero-order valence-corrected chi connectivity index (χ0v) is 13.2. The molecule has 0 saturated carbocycles. The van der Waals surface area contributed by atoms with E-state index in [0.29, 0.717) is 13.2 Å². The number of amides is 1. The summed E-state index contributed by atoms with van der Waals surface area (Å²) in [7, 11) is 1.25. The van der Waals surface area contributed by atoms with Crippen molar-refractivity contribution in [1.82, 2.24) is 5.32 Å². The fourth-order valence-corrected chi connectivity index (χ4v) is 1.34. The van der Waals surface area contributed by atoms with E-state index in [9.17, 15) is 9.59 Å². The van der Waals surface area contributed by atoms with Gasteiger partial charge in [-0.25, -0.2) is 4.79 Å². The van der Waals surface area contributed by atoms with Gasteiger partial charge in [-0.3, -0.25) is 4.79 Å². The summed E-state index contributed by atoms with van der Waals surface area (Å²) < 4.78 is 15.5. The Balaban J connectivity index is 4.09. The van der Waals surface area contributed by atoms with E-state index < -0.39 is 12.3 Å². The number of esters is 1. The molecule has 21 heavy (non-hydrogen) atoms. The summed E-state index contributed by atoms with van der Waals surface area (Å²) in [6, 6.07) is 0. The third-order valence-electron chi connectivity index (χ3n) is 2.62. The second kappa shape index (κ2) is 13.6. The molecule has 0 unspecified atom stereocenters. The SMILES string of the molecule is CCCCOC(CNC(=O)C=CC(=O)OC)OCCCC. The van der Waals surface area contributed by atoms with Gasteiger partial charge in [0.2, 0.25) is 5.91 Å². The highest BCUT2D eigenvalue weighted by molar-refractivity contribution is 5.94. The van der Waals surface area contributed by atoms with Crippen LogP contribution in [0.5, 0.6) is 0 Å². The van der Waals surface area contributed by atoms with Gasteiger partial charge in [0.05, 0.1) is 13.7 Å². The Morgan fingerprint density at radius 3 is 2.10 bits per heavy atom. The van der Waals surface area contributed by atoms with Crippen LogP contribution in [-0.2, 0) is 23.8 Å². The van der Waals surface area contributed by atoms with Gasteiger partial charge in [0.1, 0.15) is 0 Å². The van der Waals surface area contributed by atoms with Crippen molar-refractivity contribution >= 4 is 11.9 Å². The predicted molar refractivity (Wildman–Crippen MR) is 79.7 cm³/mol. The molecule has 0 atom stereocenters. The molecule has 0 bridgehead atoms. The van der Waals surface area contributed by atoms with E-state index >= 15 is 0 Å². The molecule has 0 heterocycles. The zero-order chi connectivity index (χ0) is 15.9. The first-order valence-electron chi connectivity index (χ1n) is 7.41. The van der Waals surface area contributed by atoms with Crippen LogP contribution in [0.4, 0.5) is 0 Å². The summed E-state index contributed by atoms with van der Waals surface area (Å²) in [6.45, 7) is 5.60. The third kappa shape index (κ3) is 12.1. The molecular formula is C15H27NO5. The Bertz CT molecular complexity index is 307. The first-order chi connectivity index (χ1) is 10.1. The molecule has 1 amide bonds. The third-order valence-corrected chi connectivity index (χ3v) is 2.62. The Morgan fingerprint density at radius 2 is 1.62 bits per heavy atom. The van der Waals surface area contributed by atoms with E-state index in [2.05, 4.69) is 23.9 Å². The Hall–Kier alpha value is -1.40. The van der Waals surface area contributed by atoms with Crippen molar-refractivity contribution in [2.24, 2.45) is 0 Å². The first-order valence-corrected chi connectivity index (χ1v) is 7.41. The van der Waals surface area contributed by atoms with Gasteiger partial charge in [-0.05, 0) is 12.8 Å². The second-order valence-electron chi connectivity index (χ2n) is 4.48. The quantitative estimate of drug-likeness (QED) is 0.257. The monoisotopic (exact) mass is 301 g/mol. The second-order valence-corrected chi connectivity index (χ2v) is 4.48. The van der Waals surface area contributed by atoms with Crippen LogP contribution in [0, 0.1) is 0 Å². The average Bonchev–Trinajstić information content (AvgIpc) is 2.49. The maximum Gasteiger partial charge on any atom is 0.330 e. The normalized spacial score (nSPS) is 11.0. The highest BCUT2D eigenvalue weighted by Gasteiger charge is 2.10. The van der Waals surface area contributed by atoms with Gasteiger partial charge in [-0.1, -0.05) is 26.7 Å². The van der Waals surface area contributed by atoms with Crippen LogP contribution in [0.15, 0.2) is 12.2 Å². The molecule has 122 valence electrons. The van der Waals surface area contributed by atoms with E-state index in [1.807, 2.05) is 0 Å². The summed E-state index contributed by atoms with van der Waals surface area (Å²) in [5.74, 6) is -0.955. The lowest BCUT2D eigenvalue weighted by Gasteiger charge is -2.18. The molecule has 0 spiro atoms. The van der Waals surface area contributed by atoms with Crippen molar-refractivity contribution in [2.45, 2.75) is 45.8 Å². The standard InChI is InChI=1S/C15H27NO5/c1-4-6-10-20-15(21-11-7-5-2)12-16-13(17)8-9-14(18)19-3/h8-9,15H,4-7,10-12H2,1-3H3,(H,16,17).